The lowest BCUT2D eigenvalue weighted by atomic mass is 10.2. The zero-order valence-electron chi connectivity index (χ0n) is 12.5. The molecule has 5 nitrogen and oxygen atoms in total. The van der Waals surface area contributed by atoms with Crippen molar-refractivity contribution >= 4 is 17.0 Å². The second-order valence-electron chi connectivity index (χ2n) is 5.81. The van der Waals surface area contributed by atoms with Gasteiger partial charge in [0.05, 0.1) is 23.5 Å². The quantitative estimate of drug-likeness (QED) is 0.887. The number of para-hydroxylation sites is 2. The van der Waals surface area contributed by atoms with Crippen molar-refractivity contribution in [1.82, 2.24) is 14.5 Å². The number of nitrogens with zero attached hydrogens (tertiary/aromatic N) is 3. The number of aryl methyl sites for hydroxylation is 1. The number of hydrogen-bond donors (Lipinski definition) is 1. The summed E-state index contributed by atoms with van der Waals surface area (Å²) in [6.07, 6.45) is 2.51. The predicted molar refractivity (Wildman–Crippen MR) is 81.1 cm³/mol. The molecule has 5 heteroatoms. The lowest BCUT2D eigenvalue weighted by Gasteiger charge is -2.28. The van der Waals surface area contributed by atoms with Crippen LogP contribution in [-0.4, -0.2) is 38.1 Å². The molecule has 0 amide bonds. The van der Waals surface area contributed by atoms with Gasteiger partial charge in [0.1, 0.15) is 5.82 Å². The molecule has 112 valence electrons. The maximum Gasteiger partial charge on any atom is 0.304 e. The molecule has 0 radical (unpaired) electrons. The highest BCUT2D eigenvalue weighted by molar-refractivity contribution is 5.75. The van der Waals surface area contributed by atoms with Crippen LogP contribution in [0.2, 0.25) is 0 Å². The van der Waals surface area contributed by atoms with Gasteiger partial charge in [-0.05, 0) is 31.9 Å². The smallest absolute Gasteiger partial charge is 0.304 e. The Morgan fingerprint density at radius 2 is 2.19 bits per heavy atom. The van der Waals surface area contributed by atoms with E-state index in [0.29, 0.717) is 12.6 Å². The Bertz CT molecular complexity index is 661. The molecule has 1 atom stereocenters. The maximum absolute atomic E-state index is 10.9. The van der Waals surface area contributed by atoms with Crippen LogP contribution in [0.15, 0.2) is 24.3 Å². The zero-order valence-corrected chi connectivity index (χ0v) is 12.5. The first-order valence-corrected chi connectivity index (χ1v) is 7.47. The Kier molecular flexibility index (Phi) is 3.68. The summed E-state index contributed by atoms with van der Waals surface area (Å²) >= 11 is 0. The van der Waals surface area contributed by atoms with E-state index in [2.05, 4.69) is 22.5 Å². The summed E-state index contributed by atoms with van der Waals surface area (Å²) in [5, 5.41) is 8.94. The van der Waals surface area contributed by atoms with Crippen LogP contribution in [0.25, 0.3) is 11.0 Å². The monoisotopic (exact) mass is 287 g/mol. The summed E-state index contributed by atoms with van der Waals surface area (Å²) in [6, 6.07) is 8.74. The third kappa shape index (κ3) is 2.78. The molecule has 1 aliphatic carbocycles. The van der Waals surface area contributed by atoms with E-state index < -0.39 is 5.97 Å². The van der Waals surface area contributed by atoms with Crippen LogP contribution in [0, 0.1) is 0 Å². The van der Waals surface area contributed by atoms with Crippen molar-refractivity contribution in [2.75, 3.05) is 6.54 Å². The van der Waals surface area contributed by atoms with Gasteiger partial charge in [-0.1, -0.05) is 12.1 Å². The number of carboxylic acid groups (broad SMARTS) is 1. The number of hydrogen-bond acceptors (Lipinski definition) is 3. The van der Waals surface area contributed by atoms with Gasteiger partial charge in [-0.3, -0.25) is 9.69 Å². The van der Waals surface area contributed by atoms with Gasteiger partial charge in [0, 0.05) is 19.6 Å². The fraction of sp³-hybridized carbons (Fsp3) is 0.500. The van der Waals surface area contributed by atoms with Gasteiger partial charge >= 0.3 is 5.97 Å². The van der Waals surface area contributed by atoms with Crippen molar-refractivity contribution in [1.29, 1.82) is 0 Å². The van der Waals surface area contributed by atoms with E-state index in [-0.39, 0.29) is 12.5 Å². The Morgan fingerprint density at radius 3 is 2.81 bits per heavy atom. The first kappa shape index (κ1) is 14.1. The fourth-order valence-electron chi connectivity index (χ4n) is 3.01. The van der Waals surface area contributed by atoms with Crippen molar-refractivity contribution in [2.45, 2.75) is 38.3 Å². The summed E-state index contributed by atoms with van der Waals surface area (Å²) in [7, 11) is 2.03. The third-order valence-electron chi connectivity index (χ3n) is 4.29. The fourth-order valence-corrected chi connectivity index (χ4v) is 3.01. The second-order valence-corrected chi connectivity index (χ2v) is 5.81. The Hall–Kier alpha value is -1.88. The van der Waals surface area contributed by atoms with Gasteiger partial charge in [0.25, 0.3) is 0 Å². The normalized spacial score (nSPS) is 16.5. The van der Waals surface area contributed by atoms with Gasteiger partial charge in [0.15, 0.2) is 0 Å². The minimum absolute atomic E-state index is 0.134. The van der Waals surface area contributed by atoms with Crippen molar-refractivity contribution in [3.05, 3.63) is 30.1 Å². The van der Waals surface area contributed by atoms with E-state index in [1.54, 1.807) is 0 Å². The van der Waals surface area contributed by atoms with Crippen LogP contribution < -0.4 is 0 Å². The van der Waals surface area contributed by atoms with E-state index in [1.165, 1.54) is 0 Å². The summed E-state index contributed by atoms with van der Waals surface area (Å²) in [5.41, 5.74) is 2.11. The minimum Gasteiger partial charge on any atom is -0.481 e. The van der Waals surface area contributed by atoms with E-state index in [0.717, 1.165) is 29.7 Å². The van der Waals surface area contributed by atoms with Crippen LogP contribution in [-0.2, 0) is 11.8 Å². The molecule has 1 fully saturated rings. The summed E-state index contributed by atoms with van der Waals surface area (Å²) < 4.78 is 2.12. The predicted octanol–water partition coefficient (Wildman–Crippen LogP) is 2.57. The van der Waals surface area contributed by atoms with Gasteiger partial charge in [-0.15, -0.1) is 0 Å². The highest BCUT2D eigenvalue weighted by Crippen LogP contribution is 2.34. The minimum atomic E-state index is -0.738. The Morgan fingerprint density at radius 1 is 1.48 bits per heavy atom. The summed E-state index contributed by atoms with van der Waals surface area (Å²) in [4.78, 5) is 17.9. The molecule has 0 saturated heterocycles. The molecular weight excluding hydrogens is 266 g/mol. The lowest BCUT2D eigenvalue weighted by molar-refractivity contribution is -0.137. The molecule has 2 aromatic rings. The number of imidazole rings is 1. The Labute approximate surface area is 124 Å². The van der Waals surface area contributed by atoms with Crippen molar-refractivity contribution in [3.63, 3.8) is 0 Å². The van der Waals surface area contributed by atoms with Crippen LogP contribution in [0.3, 0.4) is 0 Å². The third-order valence-corrected chi connectivity index (χ3v) is 4.29. The van der Waals surface area contributed by atoms with E-state index in [9.17, 15) is 4.79 Å². The molecule has 0 aliphatic heterocycles. The second kappa shape index (κ2) is 5.48. The number of carboxylic acids is 1. The first-order valence-electron chi connectivity index (χ1n) is 7.47. The molecule has 0 spiro atoms. The maximum atomic E-state index is 10.9. The highest BCUT2D eigenvalue weighted by atomic mass is 16.4. The number of aliphatic carboxylic acids is 1. The molecule has 21 heavy (non-hydrogen) atoms. The average Bonchev–Trinajstić information content (AvgIpc) is 3.23. The summed E-state index contributed by atoms with van der Waals surface area (Å²) in [6.45, 7) is 2.71. The molecule has 1 aromatic carbocycles. The van der Waals surface area contributed by atoms with Gasteiger partial charge in [0.2, 0.25) is 0 Å². The standard InChI is InChI=1S/C16H21N3O2/c1-11(19(12-7-8-12)10-9-15(20)21)16-17-13-5-3-4-6-14(13)18(16)2/h3-6,11-12H,7-10H2,1-2H3,(H,20,21). The van der Waals surface area contributed by atoms with Crippen molar-refractivity contribution in [3.8, 4) is 0 Å². The molecule has 1 saturated carbocycles. The molecule has 1 aliphatic rings. The first-order chi connectivity index (χ1) is 10.1. The number of fused-ring (bicyclic) bond motifs is 1. The van der Waals surface area contributed by atoms with Crippen LogP contribution in [0.4, 0.5) is 0 Å². The SMILES string of the molecule is CC(c1nc2ccccc2n1C)N(CCC(=O)O)C1CC1. The van der Waals surface area contributed by atoms with Crippen LogP contribution in [0.1, 0.15) is 38.1 Å². The Balaban J connectivity index is 1.88. The van der Waals surface area contributed by atoms with Crippen molar-refractivity contribution < 1.29 is 9.90 Å². The van der Waals surface area contributed by atoms with Crippen LogP contribution >= 0.6 is 0 Å². The molecular formula is C16H21N3O2. The molecule has 1 unspecified atom stereocenters. The summed E-state index contributed by atoms with van der Waals surface area (Å²) in [5.74, 6) is 0.270. The van der Waals surface area contributed by atoms with Gasteiger partial charge in [-0.25, -0.2) is 4.98 Å². The number of aromatic nitrogens is 2. The largest absolute Gasteiger partial charge is 0.481 e. The van der Waals surface area contributed by atoms with Crippen LogP contribution in [0.5, 0.6) is 0 Å². The van der Waals surface area contributed by atoms with Crippen molar-refractivity contribution in [2.24, 2.45) is 7.05 Å². The topological polar surface area (TPSA) is 58.4 Å². The number of benzene rings is 1. The number of carbonyl (C=O) groups is 1. The highest BCUT2D eigenvalue weighted by Gasteiger charge is 2.34. The van der Waals surface area contributed by atoms with E-state index in [1.807, 2.05) is 25.2 Å². The van der Waals surface area contributed by atoms with Gasteiger partial charge < -0.3 is 9.67 Å². The molecule has 0 bridgehead atoms. The average molecular weight is 287 g/mol. The number of rotatable bonds is 6. The molecule has 1 heterocycles. The zero-order chi connectivity index (χ0) is 15.0. The lowest BCUT2D eigenvalue weighted by Crippen LogP contribution is -2.32. The van der Waals surface area contributed by atoms with E-state index >= 15 is 0 Å². The molecule has 3 rings (SSSR count). The molecule has 1 aromatic heterocycles. The molecule has 1 N–H and O–H groups in total. The van der Waals surface area contributed by atoms with E-state index in [4.69, 9.17) is 10.1 Å². The van der Waals surface area contributed by atoms with Gasteiger partial charge in [-0.2, -0.15) is 0 Å².